The van der Waals surface area contributed by atoms with Crippen LogP contribution in [0.4, 0.5) is 0 Å². The van der Waals surface area contributed by atoms with Crippen molar-refractivity contribution in [3.8, 4) is 0 Å². The molecule has 1 aliphatic heterocycles. The molecule has 2 atom stereocenters. The van der Waals surface area contributed by atoms with Gasteiger partial charge in [0, 0.05) is 0 Å². The summed E-state index contributed by atoms with van der Waals surface area (Å²) in [5.74, 6) is 0. The van der Waals surface area contributed by atoms with Crippen molar-refractivity contribution in [3.05, 3.63) is 0 Å². The standard InChI is InChI=1S/C7H15NO/c1-4-6(3)7(8,5-2)9-6/h4-5,8H2,1-3H3. The van der Waals surface area contributed by atoms with E-state index in [1.54, 1.807) is 0 Å². The molecule has 0 aliphatic carbocycles. The smallest absolute Gasteiger partial charge is 0.146 e. The van der Waals surface area contributed by atoms with E-state index in [0.29, 0.717) is 0 Å². The summed E-state index contributed by atoms with van der Waals surface area (Å²) in [6.07, 6.45) is 1.93. The van der Waals surface area contributed by atoms with Crippen LogP contribution in [0.3, 0.4) is 0 Å². The van der Waals surface area contributed by atoms with Gasteiger partial charge in [-0.05, 0) is 19.8 Å². The highest BCUT2D eigenvalue weighted by Crippen LogP contribution is 2.47. The van der Waals surface area contributed by atoms with Crippen molar-refractivity contribution in [2.45, 2.75) is 44.9 Å². The molecule has 0 bridgehead atoms. The molecule has 0 saturated carbocycles. The summed E-state index contributed by atoms with van der Waals surface area (Å²) in [7, 11) is 0. The summed E-state index contributed by atoms with van der Waals surface area (Å²) in [5.41, 5.74) is 5.48. The fraction of sp³-hybridized carbons (Fsp3) is 1.00. The van der Waals surface area contributed by atoms with Crippen LogP contribution in [0.25, 0.3) is 0 Å². The Hall–Kier alpha value is -0.0800. The first-order valence-electron chi connectivity index (χ1n) is 3.57. The highest BCUT2D eigenvalue weighted by atomic mass is 16.6. The Labute approximate surface area is 56.4 Å². The summed E-state index contributed by atoms with van der Waals surface area (Å²) in [5, 5.41) is 0. The van der Waals surface area contributed by atoms with Crippen molar-refractivity contribution in [3.63, 3.8) is 0 Å². The molecule has 1 heterocycles. The fourth-order valence-corrected chi connectivity index (χ4v) is 1.19. The largest absolute Gasteiger partial charge is 0.347 e. The molecule has 1 saturated heterocycles. The van der Waals surface area contributed by atoms with E-state index in [9.17, 15) is 0 Å². The van der Waals surface area contributed by atoms with Gasteiger partial charge in [0.1, 0.15) is 11.3 Å². The number of hydrogen-bond acceptors (Lipinski definition) is 2. The van der Waals surface area contributed by atoms with E-state index in [0.717, 1.165) is 12.8 Å². The van der Waals surface area contributed by atoms with Crippen LogP contribution in [0.15, 0.2) is 0 Å². The van der Waals surface area contributed by atoms with Crippen LogP contribution >= 0.6 is 0 Å². The molecular weight excluding hydrogens is 114 g/mol. The molecule has 54 valence electrons. The van der Waals surface area contributed by atoms with Gasteiger partial charge in [-0.2, -0.15) is 0 Å². The van der Waals surface area contributed by atoms with E-state index in [4.69, 9.17) is 10.5 Å². The van der Waals surface area contributed by atoms with Crippen LogP contribution in [-0.2, 0) is 4.74 Å². The van der Waals surface area contributed by atoms with E-state index in [1.807, 2.05) is 0 Å². The summed E-state index contributed by atoms with van der Waals surface area (Å²) < 4.78 is 5.37. The Kier molecular flexibility index (Phi) is 1.33. The summed E-state index contributed by atoms with van der Waals surface area (Å²) in [4.78, 5) is 0. The molecule has 1 rings (SSSR count). The van der Waals surface area contributed by atoms with E-state index in [-0.39, 0.29) is 11.3 Å². The number of epoxide rings is 1. The Bertz CT molecular complexity index is 112. The van der Waals surface area contributed by atoms with Crippen LogP contribution in [0.2, 0.25) is 0 Å². The van der Waals surface area contributed by atoms with Crippen LogP contribution in [0.1, 0.15) is 33.6 Å². The maximum atomic E-state index is 5.81. The second kappa shape index (κ2) is 1.70. The van der Waals surface area contributed by atoms with E-state index >= 15 is 0 Å². The van der Waals surface area contributed by atoms with Gasteiger partial charge in [0.05, 0.1) is 0 Å². The first-order valence-corrected chi connectivity index (χ1v) is 3.57. The van der Waals surface area contributed by atoms with Gasteiger partial charge in [-0.15, -0.1) is 0 Å². The molecule has 0 amide bonds. The zero-order chi connectivity index (χ0) is 7.12. The molecule has 2 N–H and O–H groups in total. The molecule has 2 heteroatoms. The zero-order valence-corrected chi connectivity index (χ0v) is 6.40. The van der Waals surface area contributed by atoms with Gasteiger partial charge in [0.25, 0.3) is 0 Å². The maximum absolute atomic E-state index is 5.81. The van der Waals surface area contributed by atoms with E-state index in [1.165, 1.54) is 0 Å². The number of rotatable bonds is 2. The molecule has 1 fully saturated rings. The minimum Gasteiger partial charge on any atom is -0.347 e. The Balaban J connectivity index is 2.54. The lowest BCUT2D eigenvalue weighted by atomic mass is 9.98. The molecule has 0 spiro atoms. The van der Waals surface area contributed by atoms with Crippen molar-refractivity contribution in [2.75, 3.05) is 0 Å². The lowest BCUT2D eigenvalue weighted by Gasteiger charge is -2.05. The first-order chi connectivity index (χ1) is 4.08. The molecule has 0 radical (unpaired) electrons. The normalized spacial score (nSPS) is 49.3. The lowest BCUT2D eigenvalue weighted by molar-refractivity contribution is 0.264. The van der Waals surface area contributed by atoms with Gasteiger partial charge in [-0.3, -0.25) is 0 Å². The zero-order valence-electron chi connectivity index (χ0n) is 6.40. The molecule has 0 aromatic rings. The lowest BCUT2D eigenvalue weighted by Crippen LogP contribution is -2.31. The third kappa shape index (κ3) is 0.775. The quantitative estimate of drug-likeness (QED) is 0.570. The molecule has 9 heavy (non-hydrogen) atoms. The van der Waals surface area contributed by atoms with E-state index < -0.39 is 0 Å². The number of hydrogen-bond donors (Lipinski definition) is 1. The predicted octanol–water partition coefficient (Wildman–Crippen LogP) is 1.25. The minimum atomic E-state index is -0.304. The number of nitrogens with two attached hydrogens (primary N) is 1. The van der Waals surface area contributed by atoms with Crippen molar-refractivity contribution >= 4 is 0 Å². The van der Waals surface area contributed by atoms with Gasteiger partial charge < -0.3 is 10.5 Å². The molecular formula is C7H15NO. The van der Waals surface area contributed by atoms with Crippen molar-refractivity contribution in [1.82, 2.24) is 0 Å². The van der Waals surface area contributed by atoms with Crippen LogP contribution in [-0.4, -0.2) is 11.3 Å². The Morgan fingerprint density at radius 1 is 1.33 bits per heavy atom. The SMILES string of the molecule is CCC1(C)OC1(N)CC. The third-order valence-electron chi connectivity index (χ3n) is 2.46. The van der Waals surface area contributed by atoms with Crippen molar-refractivity contribution < 1.29 is 4.74 Å². The molecule has 0 aromatic carbocycles. The second-order valence-electron chi connectivity index (χ2n) is 2.93. The van der Waals surface area contributed by atoms with Gasteiger partial charge in [0.2, 0.25) is 0 Å². The molecule has 0 aromatic heterocycles. The van der Waals surface area contributed by atoms with Gasteiger partial charge >= 0.3 is 0 Å². The van der Waals surface area contributed by atoms with Gasteiger partial charge in [-0.1, -0.05) is 13.8 Å². The van der Waals surface area contributed by atoms with Crippen LogP contribution in [0, 0.1) is 0 Å². The highest BCUT2D eigenvalue weighted by Gasteiger charge is 2.61. The maximum Gasteiger partial charge on any atom is 0.146 e. The summed E-state index contributed by atoms with van der Waals surface area (Å²) >= 11 is 0. The van der Waals surface area contributed by atoms with Crippen LogP contribution in [0.5, 0.6) is 0 Å². The molecule has 2 unspecified atom stereocenters. The first kappa shape index (κ1) is 7.03. The summed E-state index contributed by atoms with van der Waals surface area (Å²) in [6.45, 7) is 6.22. The Morgan fingerprint density at radius 3 is 2.00 bits per heavy atom. The van der Waals surface area contributed by atoms with E-state index in [2.05, 4.69) is 20.8 Å². The predicted molar refractivity (Wildman–Crippen MR) is 37.0 cm³/mol. The average Bonchev–Trinajstić information content (AvgIpc) is 2.39. The highest BCUT2D eigenvalue weighted by molar-refractivity contribution is 5.07. The molecule has 1 aliphatic rings. The average molecular weight is 129 g/mol. The van der Waals surface area contributed by atoms with Gasteiger partial charge in [0.15, 0.2) is 0 Å². The fourth-order valence-electron chi connectivity index (χ4n) is 1.19. The number of ether oxygens (including phenoxy) is 1. The molecule has 2 nitrogen and oxygen atoms in total. The monoisotopic (exact) mass is 129 g/mol. The third-order valence-corrected chi connectivity index (χ3v) is 2.46. The second-order valence-corrected chi connectivity index (χ2v) is 2.93. The topological polar surface area (TPSA) is 38.5 Å². The Morgan fingerprint density at radius 2 is 1.89 bits per heavy atom. The van der Waals surface area contributed by atoms with Crippen molar-refractivity contribution in [1.29, 1.82) is 0 Å². The van der Waals surface area contributed by atoms with Gasteiger partial charge in [-0.25, -0.2) is 0 Å². The summed E-state index contributed by atoms with van der Waals surface area (Å²) in [6, 6.07) is 0. The van der Waals surface area contributed by atoms with Crippen molar-refractivity contribution in [2.24, 2.45) is 5.73 Å². The minimum absolute atomic E-state index is 0.0260. The van der Waals surface area contributed by atoms with Crippen LogP contribution < -0.4 is 5.73 Å².